The van der Waals surface area contributed by atoms with E-state index in [4.69, 9.17) is 9.97 Å². The van der Waals surface area contributed by atoms with Crippen molar-refractivity contribution in [1.82, 2.24) is 24.8 Å². The third-order valence-electron chi connectivity index (χ3n) is 5.54. The molecule has 4 heterocycles. The number of thiazole rings is 1. The van der Waals surface area contributed by atoms with E-state index in [9.17, 15) is 4.79 Å². The molecule has 2 aliphatic rings. The van der Waals surface area contributed by atoms with Gasteiger partial charge in [-0.25, -0.2) is 15.0 Å². The minimum atomic E-state index is 0.0595. The normalized spacial score (nSPS) is 20.4. The van der Waals surface area contributed by atoms with Crippen molar-refractivity contribution >= 4 is 23.1 Å². The molecule has 0 spiro atoms. The first-order valence-electron chi connectivity index (χ1n) is 9.52. The van der Waals surface area contributed by atoms with Crippen LogP contribution in [0, 0.1) is 6.92 Å². The smallest absolute Gasteiger partial charge is 0.266 e. The van der Waals surface area contributed by atoms with Crippen molar-refractivity contribution in [2.75, 3.05) is 39.0 Å². The van der Waals surface area contributed by atoms with Crippen molar-refractivity contribution in [2.45, 2.75) is 38.6 Å². The lowest BCUT2D eigenvalue weighted by molar-refractivity contribution is 0.0735. The number of likely N-dealkylation sites (N-methyl/N-ethyl adjacent to an activating group) is 1. The van der Waals surface area contributed by atoms with Crippen LogP contribution in [0.1, 0.15) is 51.2 Å². The Hall–Kier alpha value is -2.06. The number of amides is 1. The molecule has 144 valence electrons. The Morgan fingerprint density at radius 1 is 1.33 bits per heavy atom. The minimum Gasteiger partial charge on any atom is -0.373 e. The number of anilines is 1. The fourth-order valence-corrected chi connectivity index (χ4v) is 4.81. The molecule has 0 saturated carbocycles. The van der Waals surface area contributed by atoms with Crippen LogP contribution < -0.4 is 5.32 Å². The summed E-state index contributed by atoms with van der Waals surface area (Å²) in [7, 11) is 4.07. The first kappa shape index (κ1) is 18.3. The van der Waals surface area contributed by atoms with Crippen molar-refractivity contribution in [3.05, 3.63) is 33.2 Å². The number of rotatable bonds is 3. The van der Waals surface area contributed by atoms with E-state index in [-0.39, 0.29) is 5.91 Å². The zero-order chi connectivity index (χ0) is 19.0. The molecular formula is C19H26N6OS. The first-order chi connectivity index (χ1) is 13.1. The number of aryl methyl sites for hydroxylation is 1. The highest BCUT2D eigenvalue weighted by Crippen LogP contribution is 2.30. The molecule has 2 aromatic rings. The van der Waals surface area contributed by atoms with Gasteiger partial charge >= 0.3 is 0 Å². The molecule has 1 N–H and O–H groups in total. The SMILES string of the molecule is CNc1nc([C@H]2CCCN(C)C2)nc2c1CCN(C(=O)c1scnc1C)C2. The third kappa shape index (κ3) is 3.55. The third-order valence-corrected chi connectivity index (χ3v) is 6.45. The number of piperidine rings is 1. The van der Waals surface area contributed by atoms with E-state index in [2.05, 4.69) is 22.2 Å². The van der Waals surface area contributed by atoms with E-state index >= 15 is 0 Å². The first-order valence-corrected chi connectivity index (χ1v) is 10.4. The average molecular weight is 387 g/mol. The predicted molar refractivity (Wildman–Crippen MR) is 106 cm³/mol. The molecule has 27 heavy (non-hydrogen) atoms. The molecule has 1 saturated heterocycles. The van der Waals surface area contributed by atoms with E-state index in [1.54, 1.807) is 5.51 Å². The number of nitrogens with one attached hydrogen (secondary N) is 1. The monoisotopic (exact) mass is 386 g/mol. The second kappa shape index (κ2) is 7.52. The molecule has 0 aliphatic carbocycles. The molecule has 8 heteroatoms. The maximum absolute atomic E-state index is 12.9. The van der Waals surface area contributed by atoms with Crippen molar-refractivity contribution in [3.8, 4) is 0 Å². The minimum absolute atomic E-state index is 0.0595. The quantitative estimate of drug-likeness (QED) is 0.872. The fourth-order valence-electron chi connectivity index (χ4n) is 4.04. The van der Waals surface area contributed by atoms with Crippen LogP contribution in [-0.4, -0.2) is 64.4 Å². The summed E-state index contributed by atoms with van der Waals surface area (Å²) in [4.78, 5) is 31.9. The highest BCUT2D eigenvalue weighted by Gasteiger charge is 2.29. The molecule has 0 aromatic carbocycles. The Balaban J connectivity index is 1.62. The molecule has 0 radical (unpaired) electrons. The number of likely N-dealkylation sites (tertiary alicyclic amines) is 1. The van der Waals surface area contributed by atoms with Crippen LogP contribution in [0.3, 0.4) is 0 Å². The Morgan fingerprint density at radius 3 is 2.89 bits per heavy atom. The Morgan fingerprint density at radius 2 is 2.19 bits per heavy atom. The van der Waals surface area contributed by atoms with Gasteiger partial charge in [-0.3, -0.25) is 4.79 Å². The van der Waals surface area contributed by atoms with Crippen LogP contribution in [-0.2, 0) is 13.0 Å². The van der Waals surface area contributed by atoms with Gasteiger partial charge in [0.05, 0.1) is 23.4 Å². The van der Waals surface area contributed by atoms with Crippen LogP contribution in [0.25, 0.3) is 0 Å². The van der Waals surface area contributed by atoms with Crippen molar-refractivity contribution in [1.29, 1.82) is 0 Å². The van der Waals surface area contributed by atoms with Gasteiger partial charge in [-0.15, -0.1) is 11.3 Å². The molecule has 7 nitrogen and oxygen atoms in total. The summed E-state index contributed by atoms with van der Waals surface area (Å²) in [6, 6.07) is 0. The lowest BCUT2D eigenvalue weighted by Gasteiger charge is -2.32. The second-order valence-electron chi connectivity index (χ2n) is 7.45. The van der Waals surface area contributed by atoms with E-state index in [0.717, 1.165) is 59.4 Å². The second-order valence-corrected chi connectivity index (χ2v) is 8.31. The maximum atomic E-state index is 12.9. The highest BCUT2D eigenvalue weighted by atomic mass is 32.1. The number of carbonyl (C=O) groups excluding carboxylic acids is 1. The molecule has 0 bridgehead atoms. The lowest BCUT2D eigenvalue weighted by atomic mass is 9.96. The van der Waals surface area contributed by atoms with Crippen molar-refractivity contribution < 1.29 is 4.79 Å². The number of hydrogen-bond acceptors (Lipinski definition) is 7. The van der Waals surface area contributed by atoms with Crippen LogP contribution in [0.4, 0.5) is 5.82 Å². The number of fused-ring (bicyclic) bond motifs is 1. The summed E-state index contributed by atoms with van der Waals surface area (Å²) in [5.41, 5.74) is 4.68. The summed E-state index contributed by atoms with van der Waals surface area (Å²) in [6.07, 6.45) is 3.07. The summed E-state index contributed by atoms with van der Waals surface area (Å²) in [6.45, 7) is 5.24. The van der Waals surface area contributed by atoms with Crippen molar-refractivity contribution in [2.24, 2.45) is 0 Å². The molecule has 1 fully saturated rings. The molecule has 2 aliphatic heterocycles. The molecular weight excluding hydrogens is 360 g/mol. The lowest BCUT2D eigenvalue weighted by Crippen LogP contribution is -2.37. The Labute approximate surface area is 163 Å². The number of nitrogens with zero attached hydrogens (tertiary/aromatic N) is 5. The summed E-state index contributed by atoms with van der Waals surface area (Å²) >= 11 is 1.41. The largest absolute Gasteiger partial charge is 0.373 e. The fraction of sp³-hybridized carbons (Fsp3) is 0.579. The van der Waals surface area contributed by atoms with Gasteiger partial charge < -0.3 is 15.1 Å². The molecule has 2 aromatic heterocycles. The van der Waals surface area contributed by atoms with Crippen LogP contribution >= 0.6 is 11.3 Å². The van der Waals surface area contributed by atoms with E-state index in [1.807, 2.05) is 18.9 Å². The Kier molecular flexibility index (Phi) is 5.10. The maximum Gasteiger partial charge on any atom is 0.266 e. The van der Waals surface area contributed by atoms with Gasteiger partial charge in [-0.1, -0.05) is 0 Å². The average Bonchev–Trinajstić information content (AvgIpc) is 3.11. The topological polar surface area (TPSA) is 74.2 Å². The van der Waals surface area contributed by atoms with Gasteiger partial charge in [0.1, 0.15) is 16.5 Å². The Bertz CT molecular complexity index is 851. The van der Waals surface area contributed by atoms with E-state index in [1.165, 1.54) is 17.8 Å². The molecule has 0 unspecified atom stereocenters. The van der Waals surface area contributed by atoms with E-state index < -0.39 is 0 Å². The standard InChI is InChI=1S/C19H26N6OS/c1-12-16(27-11-21-12)19(26)25-8-6-14-15(10-25)22-17(23-18(14)20-2)13-5-4-7-24(3)9-13/h11,13H,4-10H2,1-3H3,(H,20,22,23)/t13-/m0/s1. The van der Waals surface area contributed by atoms with Gasteiger partial charge in [-0.05, 0) is 39.8 Å². The van der Waals surface area contributed by atoms with Crippen LogP contribution in [0.15, 0.2) is 5.51 Å². The summed E-state index contributed by atoms with van der Waals surface area (Å²) in [5.74, 6) is 2.25. The molecule has 1 amide bonds. The zero-order valence-electron chi connectivity index (χ0n) is 16.2. The van der Waals surface area contributed by atoms with Gasteiger partial charge in [0.25, 0.3) is 5.91 Å². The van der Waals surface area contributed by atoms with Gasteiger partial charge in [0, 0.05) is 31.6 Å². The van der Waals surface area contributed by atoms with Crippen LogP contribution in [0.5, 0.6) is 0 Å². The van der Waals surface area contributed by atoms with Gasteiger partial charge in [0.2, 0.25) is 0 Å². The summed E-state index contributed by atoms with van der Waals surface area (Å²) < 4.78 is 0. The van der Waals surface area contributed by atoms with Gasteiger partial charge in [0.15, 0.2) is 0 Å². The number of aromatic nitrogens is 3. The predicted octanol–water partition coefficient (Wildman–Crippen LogP) is 2.29. The van der Waals surface area contributed by atoms with Crippen LogP contribution in [0.2, 0.25) is 0 Å². The zero-order valence-corrected chi connectivity index (χ0v) is 17.0. The highest BCUT2D eigenvalue weighted by molar-refractivity contribution is 7.11. The van der Waals surface area contributed by atoms with Crippen molar-refractivity contribution in [3.63, 3.8) is 0 Å². The summed E-state index contributed by atoms with van der Waals surface area (Å²) in [5, 5.41) is 3.25. The van der Waals surface area contributed by atoms with Gasteiger partial charge in [-0.2, -0.15) is 0 Å². The molecule has 1 atom stereocenters. The molecule has 4 rings (SSSR count). The number of carbonyl (C=O) groups is 1. The number of hydrogen-bond donors (Lipinski definition) is 1. The van der Waals surface area contributed by atoms with E-state index in [0.29, 0.717) is 19.0 Å².